The molecule has 2 atom stereocenters. The summed E-state index contributed by atoms with van der Waals surface area (Å²) >= 11 is 0. The zero-order valence-corrected chi connectivity index (χ0v) is 14.3. The Kier molecular flexibility index (Phi) is 4.02. The van der Waals surface area contributed by atoms with Gasteiger partial charge in [-0.25, -0.2) is 4.98 Å². The van der Waals surface area contributed by atoms with Gasteiger partial charge in [0.25, 0.3) is 5.91 Å². The third-order valence-electron chi connectivity index (χ3n) is 5.22. The Morgan fingerprint density at radius 1 is 1.29 bits per heavy atom. The third kappa shape index (κ3) is 2.80. The van der Waals surface area contributed by atoms with Crippen LogP contribution in [0.4, 0.5) is 0 Å². The van der Waals surface area contributed by atoms with Crippen LogP contribution < -0.4 is 0 Å². The van der Waals surface area contributed by atoms with Crippen LogP contribution in [0, 0.1) is 12.8 Å². The van der Waals surface area contributed by atoms with Crippen molar-refractivity contribution in [3.63, 3.8) is 0 Å². The average molecular weight is 328 g/mol. The number of carbonyl (C=O) groups is 1. The molecule has 0 bridgehead atoms. The fraction of sp³-hybridized carbons (Fsp3) is 0.556. The lowest BCUT2D eigenvalue weighted by Crippen LogP contribution is -2.47. The van der Waals surface area contributed by atoms with Crippen molar-refractivity contribution in [2.24, 2.45) is 5.92 Å². The van der Waals surface area contributed by atoms with Crippen LogP contribution in [0.15, 0.2) is 18.2 Å². The van der Waals surface area contributed by atoms with Crippen molar-refractivity contribution >= 4 is 16.9 Å². The predicted octanol–water partition coefficient (Wildman–Crippen LogP) is 1.66. The summed E-state index contributed by atoms with van der Waals surface area (Å²) in [5, 5.41) is 0. The molecule has 6 nitrogen and oxygen atoms in total. The molecule has 0 spiro atoms. The highest BCUT2D eigenvalue weighted by Gasteiger charge is 2.36. The molecule has 128 valence electrons. The van der Waals surface area contributed by atoms with Crippen LogP contribution in [0.25, 0.3) is 11.0 Å². The summed E-state index contributed by atoms with van der Waals surface area (Å²) in [4.78, 5) is 25.0. The van der Waals surface area contributed by atoms with Crippen LogP contribution >= 0.6 is 0 Å². The van der Waals surface area contributed by atoms with E-state index in [1.807, 2.05) is 30.0 Å². The van der Waals surface area contributed by atoms with Crippen LogP contribution in [0.5, 0.6) is 0 Å². The fourth-order valence-corrected chi connectivity index (χ4v) is 3.95. The number of imidazole rings is 1. The molecule has 1 aromatic heterocycles. The number of nitrogens with zero attached hydrogens (tertiary/aromatic N) is 3. The number of morpholine rings is 1. The summed E-state index contributed by atoms with van der Waals surface area (Å²) < 4.78 is 5.45. The molecular formula is C18H24N4O2. The standard InChI is InChI=1S/C18H24N4O2/c1-12-10-22(11-17(12)21-5-7-24-8-6-21)18(23)14-3-4-15-16(9-14)20-13(2)19-15/h3-4,9,12,17H,5-8,10-11H2,1-2H3,(H,19,20)/t12-,17-/m0/s1. The summed E-state index contributed by atoms with van der Waals surface area (Å²) in [7, 11) is 0. The van der Waals surface area contributed by atoms with Gasteiger partial charge in [0.05, 0.1) is 24.2 Å². The van der Waals surface area contributed by atoms with E-state index in [1.54, 1.807) is 0 Å². The Balaban J connectivity index is 1.51. The minimum atomic E-state index is 0.117. The van der Waals surface area contributed by atoms with Gasteiger partial charge in [0.2, 0.25) is 0 Å². The number of nitrogens with one attached hydrogen (secondary N) is 1. The first-order valence-corrected chi connectivity index (χ1v) is 8.69. The van der Waals surface area contributed by atoms with Gasteiger partial charge < -0.3 is 14.6 Å². The van der Waals surface area contributed by atoms with E-state index in [1.165, 1.54) is 0 Å². The van der Waals surface area contributed by atoms with Crippen LogP contribution in [-0.2, 0) is 4.74 Å². The van der Waals surface area contributed by atoms with Gasteiger partial charge in [-0.1, -0.05) is 6.92 Å². The molecule has 0 saturated carbocycles. The van der Waals surface area contributed by atoms with Gasteiger partial charge in [-0.2, -0.15) is 0 Å². The Hall–Kier alpha value is -1.92. The number of amides is 1. The number of aromatic amines is 1. The third-order valence-corrected chi connectivity index (χ3v) is 5.22. The van der Waals surface area contributed by atoms with Gasteiger partial charge in [-0.05, 0) is 31.0 Å². The molecule has 2 aromatic rings. The molecule has 1 aromatic carbocycles. The predicted molar refractivity (Wildman–Crippen MR) is 92.1 cm³/mol. The molecule has 2 saturated heterocycles. The first-order valence-electron chi connectivity index (χ1n) is 8.69. The first-order chi connectivity index (χ1) is 11.6. The lowest BCUT2D eigenvalue weighted by Gasteiger charge is -2.33. The number of aryl methyl sites for hydroxylation is 1. The normalized spacial score (nSPS) is 25.5. The van der Waals surface area contributed by atoms with Crippen molar-refractivity contribution in [2.45, 2.75) is 19.9 Å². The Morgan fingerprint density at radius 2 is 2.08 bits per heavy atom. The van der Waals surface area contributed by atoms with Gasteiger partial charge in [-0.3, -0.25) is 9.69 Å². The number of carbonyl (C=O) groups excluding carboxylic acids is 1. The van der Waals surface area contributed by atoms with E-state index in [2.05, 4.69) is 21.8 Å². The number of H-pyrrole nitrogens is 1. The zero-order chi connectivity index (χ0) is 16.7. The SMILES string of the molecule is Cc1nc2ccc(C(=O)N3C[C@H](C)[C@@H](N4CCOCC4)C3)cc2[nH]1. The van der Waals surface area contributed by atoms with Crippen LogP contribution in [-0.4, -0.2) is 71.1 Å². The molecule has 0 unspecified atom stereocenters. The van der Waals surface area contributed by atoms with E-state index >= 15 is 0 Å². The van der Waals surface area contributed by atoms with Crippen LogP contribution in [0.2, 0.25) is 0 Å². The second-order valence-corrected chi connectivity index (χ2v) is 6.96. The van der Waals surface area contributed by atoms with Crippen LogP contribution in [0.1, 0.15) is 23.1 Å². The van der Waals surface area contributed by atoms with Crippen LogP contribution in [0.3, 0.4) is 0 Å². The van der Waals surface area contributed by atoms with Crippen molar-refractivity contribution in [2.75, 3.05) is 39.4 Å². The highest BCUT2D eigenvalue weighted by molar-refractivity contribution is 5.97. The van der Waals surface area contributed by atoms with Crippen molar-refractivity contribution in [3.8, 4) is 0 Å². The number of fused-ring (bicyclic) bond motifs is 1. The van der Waals surface area contributed by atoms with E-state index in [4.69, 9.17) is 4.74 Å². The molecule has 1 amide bonds. The second kappa shape index (κ2) is 6.18. The average Bonchev–Trinajstić information content (AvgIpc) is 3.16. The van der Waals surface area contributed by atoms with Crippen molar-refractivity contribution in [3.05, 3.63) is 29.6 Å². The minimum Gasteiger partial charge on any atom is -0.379 e. The Bertz CT molecular complexity index is 751. The maximum Gasteiger partial charge on any atom is 0.253 e. The summed E-state index contributed by atoms with van der Waals surface area (Å²) in [6.07, 6.45) is 0. The Morgan fingerprint density at radius 3 is 2.88 bits per heavy atom. The van der Waals surface area contributed by atoms with Gasteiger partial charge >= 0.3 is 0 Å². The smallest absolute Gasteiger partial charge is 0.253 e. The van der Waals surface area contributed by atoms with E-state index in [0.717, 1.165) is 61.8 Å². The molecule has 0 aliphatic carbocycles. The molecule has 2 aliphatic rings. The van der Waals surface area contributed by atoms with Gasteiger partial charge in [0.15, 0.2) is 0 Å². The number of benzene rings is 1. The lowest BCUT2D eigenvalue weighted by molar-refractivity contribution is 0.0119. The first kappa shape index (κ1) is 15.6. The quantitative estimate of drug-likeness (QED) is 0.911. The molecular weight excluding hydrogens is 304 g/mol. The largest absolute Gasteiger partial charge is 0.379 e. The molecule has 6 heteroatoms. The molecule has 1 N–H and O–H groups in total. The minimum absolute atomic E-state index is 0.117. The van der Waals surface area contributed by atoms with Gasteiger partial charge in [0.1, 0.15) is 5.82 Å². The highest BCUT2D eigenvalue weighted by atomic mass is 16.5. The number of aromatic nitrogens is 2. The number of rotatable bonds is 2. The molecule has 2 aliphatic heterocycles. The van der Waals surface area contributed by atoms with Gasteiger partial charge in [-0.15, -0.1) is 0 Å². The van der Waals surface area contributed by atoms with E-state index in [9.17, 15) is 4.79 Å². The molecule has 2 fully saturated rings. The second-order valence-electron chi connectivity index (χ2n) is 6.96. The molecule has 4 rings (SSSR count). The maximum atomic E-state index is 12.9. The molecule has 3 heterocycles. The number of hydrogen-bond acceptors (Lipinski definition) is 4. The molecule has 24 heavy (non-hydrogen) atoms. The molecule has 0 radical (unpaired) electrons. The van der Waals surface area contributed by atoms with Gasteiger partial charge in [0, 0.05) is 37.8 Å². The van der Waals surface area contributed by atoms with E-state index < -0.39 is 0 Å². The van der Waals surface area contributed by atoms with Crippen molar-refractivity contribution < 1.29 is 9.53 Å². The summed E-state index contributed by atoms with van der Waals surface area (Å²) in [6, 6.07) is 6.17. The van der Waals surface area contributed by atoms with Crippen molar-refractivity contribution in [1.29, 1.82) is 0 Å². The maximum absolute atomic E-state index is 12.9. The summed E-state index contributed by atoms with van der Waals surface area (Å²) in [5.74, 6) is 1.48. The van der Waals surface area contributed by atoms with E-state index in [0.29, 0.717) is 12.0 Å². The summed E-state index contributed by atoms with van der Waals surface area (Å²) in [5.41, 5.74) is 2.57. The Labute approximate surface area is 141 Å². The number of likely N-dealkylation sites (tertiary alicyclic amines) is 1. The lowest BCUT2D eigenvalue weighted by atomic mass is 10.0. The monoisotopic (exact) mass is 328 g/mol. The summed E-state index contributed by atoms with van der Waals surface area (Å²) in [6.45, 7) is 9.33. The number of ether oxygens (including phenoxy) is 1. The topological polar surface area (TPSA) is 61.5 Å². The van der Waals surface area contributed by atoms with Crippen molar-refractivity contribution in [1.82, 2.24) is 19.8 Å². The number of hydrogen-bond donors (Lipinski definition) is 1. The van der Waals surface area contributed by atoms with E-state index in [-0.39, 0.29) is 5.91 Å². The fourth-order valence-electron chi connectivity index (χ4n) is 3.95. The highest BCUT2D eigenvalue weighted by Crippen LogP contribution is 2.25. The zero-order valence-electron chi connectivity index (χ0n) is 14.3.